The summed E-state index contributed by atoms with van der Waals surface area (Å²) in [6, 6.07) is 0. The maximum absolute atomic E-state index is 2.53. The predicted molar refractivity (Wildman–Crippen MR) is 52.1 cm³/mol. The van der Waals surface area contributed by atoms with Crippen molar-refractivity contribution in [3.05, 3.63) is 0 Å². The van der Waals surface area contributed by atoms with Gasteiger partial charge in [0.05, 0.1) is 0 Å². The minimum absolute atomic E-state index is 0.753. The highest BCUT2D eigenvalue weighted by molar-refractivity contribution is 5.01. The van der Waals surface area contributed by atoms with E-state index < -0.39 is 0 Å². The molecular weight excluding hydrogens is 146 g/mol. The van der Waals surface area contributed by atoms with Crippen LogP contribution < -0.4 is 0 Å². The van der Waals surface area contributed by atoms with Crippen LogP contribution >= 0.6 is 0 Å². The third kappa shape index (κ3) is 1.10. The van der Waals surface area contributed by atoms with Crippen molar-refractivity contribution in [2.75, 3.05) is 20.1 Å². The summed E-state index contributed by atoms with van der Waals surface area (Å²) in [7, 11) is 2.28. The molecule has 0 amide bonds. The Hall–Kier alpha value is -0.0400. The van der Waals surface area contributed by atoms with Crippen LogP contribution in [0.2, 0.25) is 0 Å². The maximum atomic E-state index is 2.53. The van der Waals surface area contributed by atoms with E-state index >= 15 is 0 Å². The summed E-state index contributed by atoms with van der Waals surface area (Å²) in [4.78, 5) is 2.53. The first-order valence-electron chi connectivity index (χ1n) is 5.33. The van der Waals surface area contributed by atoms with Gasteiger partial charge in [-0.1, -0.05) is 20.3 Å². The Morgan fingerprint density at radius 2 is 2.00 bits per heavy atom. The molecule has 1 aliphatic carbocycles. The second-order valence-corrected chi connectivity index (χ2v) is 5.26. The fraction of sp³-hybridized carbons (Fsp3) is 1.00. The summed E-state index contributed by atoms with van der Waals surface area (Å²) in [5.74, 6) is 1.87. The van der Waals surface area contributed by atoms with Gasteiger partial charge in [0.2, 0.25) is 0 Å². The molecule has 1 atom stereocenters. The first-order valence-corrected chi connectivity index (χ1v) is 5.33. The number of rotatable bonds is 1. The van der Waals surface area contributed by atoms with Crippen LogP contribution in [0.15, 0.2) is 0 Å². The molecule has 1 nitrogen and oxygen atoms in total. The summed E-state index contributed by atoms with van der Waals surface area (Å²) < 4.78 is 0. The molecule has 70 valence electrons. The molecule has 1 aliphatic heterocycles. The standard InChI is InChI=1S/C11H21N/c1-9(2)10-7-12(3)8-11(10)5-4-6-11/h9-10H,4-8H2,1-3H3. The molecule has 1 heteroatoms. The molecule has 0 radical (unpaired) electrons. The lowest BCUT2D eigenvalue weighted by Crippen LogP contribution is -2.39. The number of hydrogen-bond acceptors (Lipinski definition) is 1. The summed E-state index contributed by atoms with van der Waals surface area (Å²) >= 11 is 0. The Morgan fingerprint density at radius 1 is 1.33 bits per heavy atom. The molecule has 0 aromatic rings. The normalized spacial score (nSPS) is 34.5. The predicted octanol–water partition coefficient (Wildman–Crippen LogP) is 2.37. The Balaban J connectivity index is 2.10. The molecule has 1 spiro atoms. The van der Waals surface area contributed by atoms with E-state index in [-0.39, 0.29) is 0 Å². The molecule has 1 saturated carbocycles. The van der Waals surface area contributed by atoms with Gasteiger partial charge in [0.1, 0.15) is 0 Å². The van der Waals surface area contributed by atoms with Crippen LogP contribution in [0.5, 0.6) is 0 Å². The van der Waals surface area contributed by atoms with Crippen molar-refractivity contribution in [2.45, 2.75) is 33.1 Å². The second kappa shape index (κ2) is 2.73. The van der Waals surface area contributed by atoms with Crippen LogP contribution in [0.1, 0.15) is 33.1 Å². The fourth-order valence-electron chi connectivity index (χ4n) is 3.33. The molecule has 1 heterocycles. The van der Waals surface area contributed by atoms with Crippen molar-refractivity contribution in [1.82, 2.24) is 4.90 Å². The van der Waals surface area contributed by atoms with Gasteiger partial charge in [0.25, 0.3) is 0 Å². The van der Waals surface area contributed by atoms with Crippen LogP contribution in [0.25, 0.3) is 0 Å². The first-order chi connectivity index (χ1) is 5.64. The second-order valence-electron chi connectivity index (χ2n) is 5.26. The molecule has 0 aromatic heterocycles. The minimum atomic E-state index is 0.753. The summed E-state index contributed by atoms with van der Waals surface area (Å²) in [5.41, 5.74) is 0.753. The SMILES string of the molecule is CC(C)C1CN(C)CC12CCC2. The number of likely N-dealkylation sites (tertiary alicyclic amines) is 1. The van der Waals surface area contributed by atoms with Crippen LogP contribution in [0, 0.1) is 17.3 Å². The molecule has 0 aromatic carbocycles. The van der Waals surface area contributed by atoms with Gasteiger partial charge < -0.3 is 4.90 Å². The molecule has 2 rings (SSSR count). The van der Waals surface area contributed by atoms with Crippen molar-refractivity contribution < 1.29 is 0 Å². The highest BCUT2D eigenvalue weighted by atomic mass is 15.1. The van der Waals surface area contributed by atoms with Crippen molar-refractivity contribution in [3.63, 3.8) is 0 Å². The van der Waals surface area contributed by atoms with Gasteiger partial charge in [0.15, 0.2) is 0 Å². The molecule has 0 bridgehead atoms. The van der Waals surface area contributed by atoms with E-state index in [0.717, 1.165) is 17.3 Å². The minimum Gasteiger partial charge on any atom is -0.305 e. The zero-order chi connectivity index (χ0) is 8.77. The Labute approximate surface area is 76.1 Å². The monoisotopic (exact) mass is 167 g/mol. The molecule has 12 heavy (non-hydrogen) atoms. The van der Waals surface area contributed by atoms with Gasteiger partial charge in [-0.2, -0.15) is 0 Å². The number of nitrogens with zero attached hydrogens (tertiary/aromatic N) is 1. The van der Waals surface area contributed by atoms with Crippen molar-refractivity contribution in [3.8, 4) is 0 Å². The van der Waals surface area contributed by atoms with E-state index in [9.17, 15) is 0 Å². The van der Waals surface area contributed by atoms with E-state index in [0.29, 0.717) is 0 Å². The largest absolute Gasteiger partial charge is 0.305 e. The lowest BCUT2D eigenvalue weighted by molar-refractivity contribution is 0.0672. The quantitative estimate of drug-likeness (QED) is 0.579. The maximum Gasteiger partial charge on any atom is 0.00383 e. The Morgan fingerprint density at radius 3 is 2.33 bits per heavy atom. The van der Waals surface area contributed by atoms with E-state index in [2.05, 4.69) is 25.8 Å². The highest BCUT2D eigenvalue weighted by Crippen LogP contribution is 2.53. The van der Waals surface area contributed by atoms with Gasteiger partial charge in [-0.15, -0.1) is 0 Å². The lowest BCUT2D eigenvalue weighted by Gasteiger charge is -2.44. The van der Waals surface area contributed by atoms with Gasteiger partial charge in [-0.25, -0.2) is 0 Å². The Kier molecular flexibility index (Phi) is 1.95. The molecule has 2 fully saturated rings. The smallest absolute Gasteiger partial charge is 0.00383 e. The van der Waals surface area contributed by atoms with Crippen molar-refractivity contribution >= 4 is 0 Å². The fourth-order valence-corrected chi connectivity index (χ4v) is 3.33. The van der Waals surface area contributed by atoms with E-state index in [1.54, 1.807) is 0 Å². The number of hydrogen-bond donors (Lipinski definition) is 0. The van der Waals surface area contributed by atoms with Crippen LogP contribution in [-0.4, -0.2) is 25.0 Å². The van der Waals surface area contributed by atoms with Crippen molar-refractivity contribution in [1.29, 1.82) is 0 Å². The van der Waals surface area contributed by atoms with Crippen LogP contribution in [0.4, 0.5) is 0 Å². The third-order valence-corrected chi connectivity index (χ3v) is 4.03. The van der Waals surface area contributed by atoms with Crippen LogP contribution in [-0.2, 0) is 0 Å². The molecule has 2 aliphatic rings. The van der Waals surface area contributed by atoms with Gasteiger partial charge >= 0.3 is 0 Å². The molecule has 0 N–H and O–H groups in total. The summed E-state index contributed by atoms with van der Waals surface area (Å²) in [6.45, 7) is 7.50. The van der Waals surface area contributed by atoms with Gasteiger partial charge in [-0.3, -0.25) is 0 Å². The molecule has 1 unspecified atom stereocenters. The zero-order valence-corrected chi connectivity index (χ0v) is 8.64. The highest BCUT2D eigenvalue weighted by Gasteiger charge is 2.49. The van der Waals surface area contributed by atoms with Gasteiger partial charge in [-0.05, 0) is 37.1 Å². The summed E-state index contributed by atoms with van der Waals surface area (Å²) in [6.07, 6.45) is 4.48. The average Bonchev–Trinajstić information content (AvgIpc) is 2.25. The Bertz CT molecular complexity index is 170. The summed E-state index contributed by atoms with van der Waals surface area (Å²) in [5, 5.41) is 0. The van der Waals surface area contributed by atoms with E-state index in [1.807, 2.05) is 0 Å². The topological polar surface area (TPSA) is 3.24 Å². The molecule has 1 saturated heterocycles. The average molecular weight is 167 g/mol. The third-order valence-electron chi connectivity index (χ3n) is 4.03. The van der Waals surface area contributed by atoms with Crippen LogP contribution in [0.3, 0.4) is 0 Å². The van der Waals surface area contributed by atoms with Gasteiger partial charge in [0, 0.05) is 13.1 Å². The van der Waals surface area contributed by atoms with E-state index in [4.69, 9.17) is 0 Å². The molecular formula is C11H21N. The first kappa shape index (κ1) is 8.55. The van der Waals surface area contributed by atoms with Crippen molar-refractivity contribution in [2.24, 2.45) is 17.3 Å². The van der Waals surface area contributed by atoms with E-state index in [1.165, 1.54) is 32.4 Å². The zero-order valence-electron chi connectivity index (χ0n) is 8.64. The lowest BCUT2D eigenvalue weighted by atomic mass is 9.60.